The van der Waals surface area contributed by atoms with Crippen LogP contribution in [0.2, 0.25) is 0 Å². The fraction of sp³-hybridized carbons (Fsp3) is 0.286. The zero-order valence-electron chi connectivity index (χ0n) is 11.4. The summed E-state index contributed by atoms with van der Waals surface area (Å²) in [7, 11) is 0. The Morgan fingerprint density at radius 2 is 2.38 bits per heavy atom. The van der Waals surface area contributed by atoms with Crippen molar-refractivity contribution in [3.05, 3.63) is 32.8 Å². The highest BCUT2D eigenvalue weighted by atomic mass is 32.1. The summed E-state index contributed by atoms with van der Waals surface area (Å²) in [6.07, 6.45) is 0.721. The predicted molar refractivity (Wildman–Crippen MR) is 91.2 cm³/mol. The average Bonchev–Trinajstić information content (AvgIpc) is 3.12. The Morgan fingerprint density at radius 3 is 3.05 bits per heavy atom. The molecule has 3 rings (SSSR count). The van der Waals surface area contributed by atoms with Gasteiger partial charge in [0, 0.05) is 15.8 Å². The van der Waals surface area contributed by atoms with E-state index in [0.717, 1.165) is 33.1 Å². The second-order valence-corrected chi connectivity index (χ2v) is 7.73. The molecule has 21 heavy (non-hydrogen) atoms. The first-order valence-electron chi connectivity index (χ1n) is 6.52. The normalized spacial score (nSPS) is 12.4. The van der Waals surface area contributed by atoms with Gasteiger partial charge in [-0.1, -0.05) is 6.07 Å². The quantitative estimate of drug-likeness (QED) is 0.744. The van der Waals surface area contributed by atoms with Crippen molar-refractivity contribution in [2.24, 2.45) is 5.73 Å². The second kappa shape index (κ2) is 6.12. The van der Waals surface area contributed by atoms with Crippen molar-refractivity contribution in [1.29, 1.82) is 5.26 Å². The van der Waals surface area contributed by atoms with Crippen molar-refractivity contribution >= 4 is 49.4 Å². The average molecular weight is 334 g/mol. The van der Waals surface area contributed by atoms with Gasteiger partial charge in [-0.25, -0.2) is 0 Å². The molecule has 0 aliphatic rings. The molecule has 0 saturated heterocycles. The van der Waals surface area contributed by atoms with E-state index in [9.17, 15) is 5.26 Å². The number of aromatic nitrogens is 1. The van der Waals surface area contributed by atoms with Crippen molar-refractivity contribution in [1.82, 2.24) is 4.37 Å². The summed E-state index contributed by atoms with van der Waals surface area (Å²) < 4.78 is 5.52. The van der Waals surface area contributed by atoms with Crippen LogP contribution in [-0.2, 0) is 13.0 Å². The maximum atomic E-state index is 9.37. The van der Waals surface area contributed by atoms with Gasteiger partial charge >= 0.3 is 0 Å². The molecule has 3 heterocycles. The third kappa shape index (κ3) is 2.94. The van der Waals surface area contributed by atoms with Crippen LogP contribution in [0.1, 0.15) is 22.2 Å². The third-order valence-electron chi connectivity index (χ3n) is 3.01. The number of nitriles is 1. The van der Waals surface area contributed by atoms with Gasteiger partial charge in [0.15, 0.2) is 0 Å². The van der Waals surface area contributed by atoms with E-state index < -0.39 is 0 Å². The first kappa shape index (κ1) is 14.5. The highest BCUT2D eigenvalue weighted by molar-refractivity contribution is 7.24. The molecule has 108 valence electrons. The Balaban J connectivity index is 1.90. The highest BCUT2D eigenvalue weighted by Gasteiger charge is 2.18. The second-order valence-electron chi connectivity index (χ2n) is 4.82. The number of hydrogen-bond donors (Lipinski definition) is 2. The van der Waals surface area contributed by atoms with Gasteiger partial charge in [-0.3, -0.25) is 0 Å². The van der Waals surface area contributed by atoms with Gasteiger partial charge < -0.3 is 11.1 Å². The Labute approximate surface area is 135 Å². The van der Waals surface area contributed by atoms with Crippen LogP contribution in [0.4, 0.5) is 5.00 Å². The predicted octanol–water partition coefficient (Wildman–Crippen LogP) is 3.79. The summed E-state index contributed by atoms with van der Waals surface area (Å²) in [6, 6.07) is 6.48. The van der Waals surface area contributed by atoms with E-state index in [-0.39, 0.29) is 6.04 Å². The molecule has 0 spiro atoms. The Morgan fingerprint density at radius 1 is 1.52 bits per heavy atom. The molecular formula is C14H14N4S3. The van der Waals surface area contributed by atoms with E-state index in [1.807, 2.05) is 13.0 Å². The summed E-state index contributed by atoms with van der Waals surface area (Å²) in [4.78, 5) is 2.32. The van der Waals surface area contributed by atoms with Crippen LogP contribution in [0, 0.1) is 11.3 Å². The largest absolute Gasteiger partial charge is 0.370 e. The van der Waals surface area contributed by atoms with Crippen molar-refractivity contribution in [2.45, 2.75) is 25.9 Å². The van der Waals surface area contributed by atoms with E-state index in [2.05, 4.69) is 27.2 Å². The molecule has 1 atom stereocenters. The molecule has 3 N–H and O–H groups in total. The van der Waals surface area contributed by atoms with Gasteiger partial charge in [-0.15, -0.1) is 22.7 Å². The third-order valence-corrected chi connectivity index (χ3v) is 6.04. The number of anilines is 1. The monoisotopic (exact) mass is 334 g/mol. The molecule has 3 aromatic rings. The number of thiophene rings is 2. The molecule has 3 aromatic heterocycles. The summed E-state index contributed by atoms with van der Waals surface area (Å²) >= 11 is 4.78. The molecule has 0 unspecified atom stereocenters. The van der Waals surface area contributed by atoms with Gasteiger partial charge in [-0.05, 0) is 36.3 Å². The van der Waals surface area contributed by atoms with Gasteiger partial charge in [0.2, 0.25) is 0 Å². The lowest BCUT2D eigenvalue weighted by Crippen LogP contribution is -2.17. The van der Waals surface area contributed by atoms with Crippen LogP contribution in [0.15, 0.2) is 17.5 Å². The van der Waals surface area contributed by atoms with Crippen LogP contribution < -0.4 is 11.1 Å². The molecule has 0 amide bonds. The lowest BCUT2D eigenvalue weighted by Gasteiger charge is -2.02. The zero-order chi connectivity index (χ0) is 14.8. The van der Waals surface area contributed by atoms with Crippen LogP contribution >= 0.6 is 34.2 Å². The molecule has 0 aromatic carbocycles. The standard InChI is InChI=1S/C14H14N4S3/c1-8(16)5-11-10(6-15)12-13(20-11)14(21-18-12)17-7-9-3-2-4-19-9/h2-4,8,17H,5,7,16H2,1H3/t8-/m0/s1. The highest BCUT2D eigenvalue weighted by Crippen LogP contribution is 2.39. The van der Waals surface area contributed by atoms with Crippen molar-refractivity contribution in [3.8, 4) is 6.07 Å². The van der Waals surface area contributed by atoms with Crippen LogP contribution in [0.5, 0.6) is 0 Å². The molecule has 0 aliphatic heterocycles. The zero-order valence-corrected chi connectivity index (χ0v) is 13.9. The minimum Gasteiger partial charge on any atom is -0.370 e. The first-order valence-corrected chi connectivity index (χ1v) is 8.99. The number of nitrogens with two attached hydrogens (primary N) is 1. The van der Waals surface area contributed by atoms with Crippen molar-refractivity contribution in [2.75, 3.05) is 5.32 Å². The van der Waals surface area contributed by atoms with E-state index in [4.69, 9.17) is 5.73 Å². The maximum Gasteiger partial charge on any atom is 0.127 e. The van der Waals surface area contributed by atoms with E-state index in [1.165, 1.54) is 16.4 Å². The van der Waals surface area contributed by atoms with Crippen molar-refractivity contribution < 1.29 is 0 Å². The first-order chi connectivity index (χ1) is 10.2. The minimum absolute atomic E-state index is 0.0473. The summed E-state index contributed by atoms with van der Waals surface area (Å²) in [5.74, 6) is 0. The SMILES string of the molecule is C[C@H](N)Cc1sc2c(NCc3cccs3)snc2c1C#N. The van der Waals surface area contributed by atoms with Gasteiger partial charge in [0.05, 0.1) is 16.8 Å². The molecule has 7 heteroatoms. The molecular weight excluding hydrogens is 320 g/mol. The number of hydrogen-bond acceptors (Lipinski definition) is 7. The lowest BCUT2D eigenvalue weighted by atomic mass is 10.1. The summed E-state index contributed by atoms with van der Waals surface area (Å²) in [5, 5.41) is 15.9. The van der Waals surface area contributed by atoms with Gasteiger partial charge in [0.1, 0.15) is 16.6 Å². The maximum absolute atomic E-state index is 9.37. The van der Waals surface area contributed by atoms with Crippen LogP contribution in [0.25, 0.3) is 10.2 Å². The number of nitrogens with zero attached hydrogens (tertiary/aromatic N) is 2. The van der Waals surface area contributed by atoms with E-state index >= 15 is 0 Å². The Bertz CT molecular complexity index is 777. The van der Waals surface area contributed by atoms with Crippen LogP contribution in [-0.4, -0.2) is 10.4 Å². The number of rotatable bonds is 5. The molecule has 0 bridgehead atoms. The smallest absolute Gasteiger partial charge is 0.127 e. The summed E-state index contributed by atoms with van der Waals surface area (Å²) in [5.41, 5.74) is 7.37. The van der Waals surface area contributed by atoms with Gasteiger partial charge in [-0.2, -0.15) is 9.64 Å². The van der Waals surface area contributed by atoms with Gasteiger partial charge in [0.25, 0.3) is 0 Å². The fourth-order valence-corrected chi connectivity index (χ4v) is 4.95. The van der Waals surface area contributed by atoms with Crippen molar-refractivity contribution in [3.63, 3.8) is 0 Å². The molecule has 0 aliphatic carbocycles. The topological polar surface area (TPSA) is 74.7 Å². The Hall–Kier alpha value is -1.46. The number of nitrogens with one attached hydrogen (secondary N) is 1. The van der Waals surface area contributed by atoms with Crippen LogP contribution in [0.3, 0.4) is 0 Å². The molecule has 0 fully saturated rings. The van der Waals surface area contributed by atoms with E-state index in [1.54, 1.807) is 22.7 Å². The molecule has 0 saturated carbocycles. The number of fused-ring (bicyclic) bond motifs is 1. The lowest BCUT2D eigenvalue weighted by molar-refractivity contribution is 0.746. The fourth-order valence-electron chi connectivity index (χ4n) is 2.09. The molecule has 0 radical (unpaired) electrons. The molecule has 4 nitrogen and oxygen atoms in total. The minimum atomic E-state index is 0.0473. The summed E-state index contributed by atoms with van der Waals surface area (Å²) in [6.45, 7) is 2.74. The Kier molecular flexibility index (Phi) is 4.22. The van der Waals surface area contributed by atoms with E-state index in [0.29, 0.717) is 5.56 Å².